The fraction of sp³-hybridized carbons (Fsp3) is 0.345. The van der Waals surface area contributed by atoms with Crippen LogP contribution in [-0.2, 0) is 9.59 Å². The Morgan fingerprint density at radius 1 is 1.06 bits per heavy atom. The van der Waals surface area contributed by atoms with E-state index in [0.717, 1.165) is 29.7 Å². The predicted octanol–water partition coefficient (Wildman–Crippen LogP) is 7.08. The Morgan fingerprint density at radius 3 is 2.42 bits per heavy atom. The molecule has 5 nitrogen and oxygen atoms in total. The fourth-order valence-corrected chi connectivity index (χ4v) is 6.09. The number of rotatable bonds is 7. The van der Waals surface area contributed by atoms with E-state index in [4.69, 9.17) is 23.2 Å². The van der Waals surface area contributed by atoms with Gasteiger partial charge < -0.3 is 10.0 Å². The molecular formula is C29H28Cl2N2O3. The number of nitrogens with zero attached hydrogens (tertiary/aromatic N) is 2. The van der Waals surface area contributed by atoms with Gasteiger partial charge in [-0.25, -0.2) is 0 Å². The maximum atomic E-state index is 14.4. The lowest BCUT2D eigenvalue weighted by atomic mass is 9.66. The highest BCUT2D eigenvalue weighted by atomic mass is 35.5. The molecule has 5 rings (SSSR count). The van der Waals surface area contributed by atoms with E-state index >= 15 is 0 Å². The standard InChI is InChI=1S/C29H28Cl2N2O3/c1-29(17-25(34)35)16-23(20-5-4-6-22(31)15-20)26(18-10-12-21(30)13-11-18)33(28(29)36)27(19-8-9-19)24-7-2-3-14-32-24/h2-7,10-15,19,23,26-27H,8-9,16-17H2,1H3,(H,34,35). The minimum absolute atomic E-state index is 0.148. The number of aromatic nitrogens is 1. The lowest BCUT2D eigenvalue weighted by molar-refractivity contribution is -0.161. The van der Waals surface area contributed by atoms with Gasteiger partial charge in [0.15, 0.2) is 0 Å². The molecule has 3 aromatic rings. The molecule has 2 heterocycles. The lowest BCUT2D eigenvalue weighted by Crippen LogP contribution is -2.54. The first-order valence-electron chi connectivity index (χ1n) is 12.2. The average molecular weight is 523 g/mol. The van der Waals surface area contributed by atoms with Crippen LogP contribution in [0.15, 0.2) is 72.9 Å². The van der Waals surface area contributed by atoms with Crippen molar-refractivity contribution in [1.29, 1.82) is 0 Å². The molecule has 7 heteroatoms. The Balaban J connectivity index is 1.73. The van der Waals surface area contributed by atoms with Gasteiger partial charge >= 0.3 is 5.97 Å². The highest BCUT2D eigenvalue weighted by molar-refractivity contribution is 6.30. The molecule has 4 atom stereocenters. The smallest absolute Gasteiger partial charge is 0.304 e. The zero-order valence-electron chi connectivity index (χ0n) is 20.0. The molecule has 1 aliphatic carbocycles. The number of carbonyl (C=O) groups is 2. The van der Waals surface area contributed by atoms with E-state index in [1.54, 1.807) is 13.1 Å². The fourth-order valence-electron chi connectivity index (χ4n) is 5.76. The summed E-state index contributed by atoms with van der Waals surface area (Å²) in [5, 5.41) is 11.0. The Kier molecular flexibility index (Phi) is 6.80. The molecule has 2 fully saturated rings. The van der Waals surface area contributed by atoms with Gasteiger partial charge in [-0.05, 0) is 72.7 Å². The SMILES string of the molecule is CC1(CC(=O)O)CC(c2cccc(Cl)c2)C(c2ccc(Cl)cc2)N(C(c2ccccn2)C2CC2)C1=O. The molecule has 1 aliphatic heterocycles. The summed E-state index contributed by atoms with van der Waals surface area (Å²) in [4.78, 5) is 33.0. The van der Waals surface area contributed by atoms with Crippen LogP contribution in [0.4, 0.5) is 0 Å². The molecule has 1 saturated heterocycles. The molecule has 2 aromatic carbocycles. The zero-order valence-corrected chi connectivity index (χ0v) is 21.5. The summed E-state index contributed by atoms with van der Waals surface area (Å²) in [5.74, 6) is -1.03. The lowest BCUT2D eigenvalue weighted by Gasteiger charge is -2.52. The van der Waals surface area contributed by atoms with Crippen molar-refractivity contribution in [2.45, 2.75) is 50.6 Å². The first kappa shape index (κ1) is 24.8. The Morgan fingerprint density at radius 2 is 1.81 bits per heavy atom. The highest BCUT2D eigenvalue weighted by Crippen LogP contribution is 2.57. The molecular weight excluding hydrogens is 495 g/mol. The van der Waals surface area contributed by atoms with Gasteiger partial charge in [0.05, 0.1) is 29.6 Å². The van der Waals surface area contributed by atoms with Gasteiger partial charge in [-0.1, -0.05) is 60.5 Å². The van der Waals surface area contributed by atoms with Crippen molar-refractivity contribution in [3.63, 3.8) is 0 Å². The summed E-state index contributed by atoms with van der Waals surface area (Å²) in [5.41, 5.74) is 1.68. The second kappa shape index (κ2) is 9.87. The Hall–Kier alpha value is -2.89. The monoisotopic (exact) mass is 522 g/mol. The number of pyridine rings is 1. The van der Waals surface area contributed by atoms with Crippen molar-refractivity contribution in [3.05, 3.63) is 99.8 Å². The second-order valence-corrected chi connectivity index (χ2v) is 11.1. The predicted molar refractivity (Wildman–Crippen MR) is 140 cm³/mol. The van der Waals surface area contributed by atoms with Crippen LogP contribution in [-0.4, -0.2) is 26.9 Å². The number of carboxylic acids is 1. The molecule has 4 unspecified atom stereocenters. The third kappa shape index (κ3) is 4.87. The first-order chi connectivity index (χ1) is 17.3. The van der Waals surface area contributed by atoms with Crippen molar-refractivity contribution >= 4 is 35.1 Å². The van der Waals surface area contributed by atoms with E-state index in [9.17, 15) is 14.7 Å². The van der Waals surface area contributed by atoms with Crippen molar-refractivity contribution in [3.8, 4) is 0 Å². The van der Waals surface area contributed by atoms with Crippen molar-refractivity contribution in [1.82, 2.24) is 9.88 Å². The third-order valence-corrected chi connectivity index (χ3v) is 7.98. The van der Waals surface area contributed by atoms with Gasteiger partial charge in [-0.2, -0.15) is 0 Å². The number of halogens is 2. The minimum atomic E-state index is -1.08. The minimum Gasteiger partial charge on any atom is -0.481 e. The average Bonchev–Trinajstić information content (AvgIpc) is 3.68. The summed E-state index contributed by atoms with van der Waals surface area (Å²) in [7, 11) is 0. The van der Waals surface area contributed by atoms with Crippen LogP contribution < -0.4 is 0 Å². The molecule has 0 radical (unpaired) electrons. The van der Waals surface area contributed by atoms with Gasteiger partial charge in [0.1, 0.15) is 0 Å². The van der Waals surface area contributed by atoms with E-state index in [1.165, 1.54) is 0 Å². The topological polar surface area (TPSA) is 70.5 Å². The van der Waals surface area contributed by atoms with Crippen LogP contribution in [0.1, 0.15) is 67.4 Å². The van der Waals surface area contributed by atoms with Crippen LogP contribution >= 0.6 is 23.2 Å². The maximum absolute atomic E-state index is 14.4. The third-order valence-electron chi connectivity index (χ3n) is 7.49. The van der Waals surface area contributed by atoms with Crippen molar-refractivity contribution in [2.24, 2.45) is 11.3 Å². The first-order valence-corrected chi connectivity index (χ1v) is 13.0. The highest BCUT2D eigenvalue weighted by Gasteiger charge is 2.55. The Bertz CT molecular complexity index is 1260. The molecule has 1 amide bonds. The van der Waals surface area contributed by atoms with Crippen LogP contribution in [0.2, 0.25) is 10.0 Å². The van der Waals surface area contributed by atoms with Crippen molar-refractivity contribution in [2.75, 3.05) is 0 Å². The number of carboxylic acid groups (broad SMARTS) is 1. The van der Waals surface area contributed by atoms with E-state index in [0.29, 0.717) is 16.5 Å². The molecule has 186 valence electrons. The molecule has 2 aliphatic rings. The van der Waals surface area contributed by atoms with E-state index in [1.807, 2.05) is 71.6 Å². The summed E-state index contributed by atoms with van der Waals surface area (Å²) in [6, 6.07) is 20.5. The largest absolute Gasteiger partial charge is 0.481 e. The van der Waals surface area contributed by atoms with Crippen LogP contribution in [0, 0.1) is 11.3 Å². The van der Waals surface area contributed by atoms with Crippen LogP contribution in [0.3, 0.4) is 0 Å². The van der Waals surface area contributed by atoms with Crippen molar-refractivity contribution < 1.29 is 14.7 Å². The van der Waals surface area contributed by atoms with E-state index < -0.39 is 11.4 Å². The molecule has 36 heavy (non-hydrogen) atoms. The number of carbonyl (C=O) groups excluding carboxylic acids is 1. The number of hydrogen-bond acceptors (Lipinski definition) is 3. The number of aliphatic carboxylic acids is 1. The number of likely N-dealkylation sites (tertiary alicyclic amines) is 1. The molecule has 1 N–H and O–H groups in total. The Labute approximate surface area is 221 Å². The molecule has 1 aromatic heterocycles. The number of piperidine rings is 1. The van der Waals surface area contributed by atoms with Crippen LogP contribution in [0.5, 0.6) is 0 Å². The second-order valence-electron chi connectivity index (χ2n) is 10.2. The zero-order chi connectivity index (χ0) is 25.4. The number of amides is 1. The van der Waals surface area contributed by atoms with Crippen LogP contribution in [0.25, 0.3) is 0 Å². The van der Waals surface area contributed by atoms with Gasteiger partial charge in [-0.15, -0.1) is 0 Å². The maximum Gasteiger partial charge on any atom is 0.304 e. The summed E-state index contributed by atoms with van der Waals surface area (Å²) < 4.78 is 0. The van der Waals surface area contributed by atoms with E-state index in [2.05, 4.69) is 4.98 Å². The summed E-state index contributed by atoms with van der Waals surface area (Å²) in [6.07, 6.45) is 3.89. The number of benzene rings is 2. The molecule has 0 spiro atoms. The van der Waals surface area contributed by atoms with Gasteiger partial charge in [0, 0.05) is 22.2 Å². The van der Waals surface area contributed by atoms with Gasteiger partial charge in [0.2, 0.25) is 5.91 Å². The number of hydrogen-bond donors (Lipinski definition) is 1. The van der Waals surface area contributed by atoms with Gasteiger partial charge in [0.25, 0.3) is 0 Å². The summed E-state index contributed by atoms with van der Waals surface area (Å²) >= 11 is 12.7. The van der Waals surface area contributed by atoms with Gasteiger partial charge in [-0.3, -0.25) is 14.6 Å². The summed E-state index contributed by atoms with van der Waals surface area (Å²) in [6.45, 7) is 1.79. The normalized spacial score (nSPS) is 25.0. The molecule has 1 saturated carbocycles. The van der Waals surface area contributed by atoms with E-state index in [-0.39, 0.29) is 36.2 Å². The quantitative estimate of drug-likeness (QED) is 0.359. The molecule has 0 bridgehead atoms.